The summed E-state index contributed by atoms with van der Waals surface area (Å²) in [5.74, 6) is 0. The summed E-state index contributed by atoms with van der Waals surface area (Å²) in [5, 5.41) is 9.88. The first-order valence-electron chi connectivity index (χ1n) is 14.1. The first kappa shape index (κ1) is 22.4. The molecule has 1 heterocycles. The quantitative estimate of drug-likeness (QED) is 0.167. The van der Waals surface area contributed by atoms with Crippen molar-refractivity contribution in [1.82, 2.24) is 0 Å². The van der Waals surface area contributed by atoms with Gasteiger partial charge in [-0.1, -0.05) is 127 Å². The third kappa shape index (κ3) is 3.18. The Bertz CT molecular complexity index is 2340. The van der Waals surface area contributed by atoms with E-state index < -0.39 is 0 Å². The maximum atomic E-state index is 6.64. The number of fused-ring (bicyclic) bond motifs is 2. The molecule has 190 valence electrons. The van der Waals surface area contributed by atoms with E-state index in [-0.39, 0.29) is 0 Å². The number of furan rings is 1. The third-order valence-electron chi connectivity index (χ3n) is 8.62. The fourth-order valence-corrected chi connectivity index (χ4v) is 6.91. The van der Waals surface area contributed by atoms with Crippen LogP contribution in [0.1, 0.15) is 0 Å². The normalized spacial score (nSPS) is 11.9. The van der Waals surface area contributed by atoms with Crippen molar-refractivity contribution >= 4 is 54.3 Å². The Balaban J connectivity index is 1.47. The predicted molar refractivity (Wildman–Crippen MR) is 174 cm³/mol. The van der Waals surface area contributed by atoms with Gasteiger partial charge in [0, 0.05) is 16.3 Å². The standard InChI is InChI=1S/C40H24O/c1-3-12-25(13-4-1)28-22-23-33-34(24-27-16-11-21-35-37(27)39(33)40(28)41-35)38-31-19-9-7-17-29(31)36(26-14-5-2-6-15-26)30-18-8-10-20-32(30)38/h1-24H. The van der Waals surface area contributed by atoms with E-state index in [1.807, 2.05) is 0 Å². The van der Waals surface area contributed by atoms with Gasteiger partial charge in [-0.15, -0.1) is 0 Å². The molecule has 0 aliphatic carbocycles. The molecule has 0 unspecified atom stereocenters. The van der Waals surface area contributed by atoms with Gasteiger partial charge in [0.2, 0.25) is 0 Å². The van der Waals surface area contributed by atoms with E-state index in [0.717, 1.165) is 16.7 Å². The molecular weight excluding hydrogens is 496 g/mol. The summed E-state index contributed by atoms with van der Waals surface area (Å²) >= 11 is 0. The smallest absolute Gasteiger partial charge is 0.143 e. The zero-order valence-electron chi connectivity index (χ0n) is 22.3. The van der Waals surface area contributed by atoms with Gasteiger partial charge in [0.15, 0.2) is 0 Å². The first-order valence-corrected chi connectivity index (χ1v) is 14.1. The minimum atomic E-state index is 0.937. The topological polar surface area (TPSA) is 13.1 Å². The molecule has 1 aromatic heterocycles. The summed E-state index contributed by atoms with van der Waals surface area (Å²) in [7, 11) is 0. The predicted octanol–water partition coefficient (Wildman–Crippen LogP) is 11.5. The monoisotopic (exact) mass is 520 g/mol. The van der Waals surface area contributed by atoms with Crippen LogP contribution in [0.25, 0.3) is 87.6 Å². The van der Waals surface area contributed by atoms with Gasteiger partial charge in [0.25, 0.3) is 0 Å². The lowest BCUT2D eigenvalue weighted by Gasteiger charge is -2.19. The maximum Gasteiger partial charge on any atom is 0.143 e. The maximum absolute atomic E-state index is 6.64. The number of rotatable bonds is 3. The molecule has 0 fully saturated rings. The second-order valence-corrected chi connectivity index (χ2v) is 10.8. The van der Waals surface area contributed by atoms with Crippen LogP contribution in [-0.2, 0) is 0 Å². The second kappa shape index (κ2) is 8.55. The highest BCUT2D eigenvalue weighted by Crippen LogP contribution is 2.49. The van der Waals surface area contributed by atoms with E-state index in [0.29, 0.717) is 0 Å². The van der Waals surface area contributed by atoms with Gasteiger partial charge < -0.3 is 4.42 Å². The van der Waals surface area contributed by atoms with Crippen LogP contribution in [-0.4, -0.2) is 0 Å². The molecule has 0 aliphatic rings. The Hall–Kier alpha value is -5.40. The highest BCUT2D eigenvalue weighted by Gasteiger charge is 2.23. The van der Waals surface area contributed by atoms with Crippen LogP contribution in [0.4, 0.5) is 0 Å². The fraction of sp³-hybridized carbons (Fsp3) is 0. The lowest BCUT2D eigenvalue weighted by molar-refractivity contribution is 0.670. The molecule has 0 aliphatic heterocycles. The molecule has 0 N–H and O–H groups in total. The summed E-state index contributed by atoms with van der Waals surface area (Å²) in [4.78, 5) is 0. The van der Waals surface area contributed by atoms with E-state index in [9.17, 15) is 0 Å². The van der Waals surface area contributed by atoms with Gasteiger partial charge in [-0.2, -0.15) is 0 Å². The van der Waals surface area contributed by atoms with Gasteiger partial charge in [-0.05, 0) is 78.3 Å². The summed E-state index contributed by atoms with van der Waals surface area (Å²) in [6, 6.07) is 52.4. The number of benzene rings is 8. The number of hydrogen-bond acceptors (Lipinski definition) is 1. The van der Waals surface area contributed by atoms with Crippen LogP contribution in [0.15, 0.2) is 150 Å². The van der Waals surface area contributed by atoms with E-state index in [1.165, 1.54) is 70.9 Å². The molecule has 9 aromatic rings. The molecule has 1 heteroatoms. The average molecular weight is 521 g/mol. The molecule has 0 bridgehead atoms. The van der Waals surface area contributed by atoms with Crippen molar-refractivity contribution in [3.05, 3.63) is 146 Å². The summed E-state index contributed by atoms with van der Waals surface area (Å²) in [5.41, 5.74) is 9.22. The Kier molecular flexibility index (Phi) is 4.67. The van der Waals surface area contributed by atoms with Crippen LogP contribution in [0.2, 0.25) is 0 Å². The van der Waals surface area contributed by atoms with Crippen molar-refractivity contribution < 1.29 is 4.42 Å². The third-order valence-corrected chi connectivity index (χ3v) is 8.62. The van der Waals surface area contributed by atoms with Gasteiger partial charge in [0.1, 0.15) is 11.2 Å². The van der Waals surface area contributed by atoms with E-state index in [1.54, 1.807) is 0 Å². The molecule has 0 atom stereocenters. The molecule has 41 heavy (non-hydrogen) atoms. The van der Waals surface area contributed by atoms with Crippen molar-refractivity contribution in [3.63, 3.8) is 0 Å². The Morgan fingerprint density at radius 3 is 1.61 bits per heavy atom. The summed E-state index contributed by atoms with van der Waals surface area (Å²) in [6.07, 6.45) is 0. The van der Waals surface area contributed by atoms with Gasteiger partial charge in [-0.3, -0.25) is 0 Å². The van der Waals surface area contributed by atoms with Crippen LogP contribution < -0.4 is 0 Å². The van der Waals surface area contributed by atoms with Gasteiger partial charge in [-0.25, -0.2) is 0 Å². The Morgan fingerprint density at radius 1 is 0.366 bits per heavy atom. The molecule has 1 nitrogen and oxygen atoms in total. The SMILES string of the molecule is c1ccc(-c2c3ccccc3c(-c3cc4cccc5oc6c(-c7ccccc7)ccc3c6c45)c3ccccc23)cc1. The minimum absolute atomic E-state index is 0.937. The summed E-state index contributed by atoms with van der Waals surface area (Å²) < 4.78 is 6.64. The fourth-order valence-electron chi connectivity index (χ4n) is 6.91. The minimum Gasteiger partial charge on any atom is -0.455 e. The molecule has 8 aromatic carbocycles. The largest absolute Gasteiger partial charge is 0.455 e. The molecule has 9 rings (SSSR count). The van der Waals surface area contributed by atoms with E-state index in [4.69, 9.17) is 4.42 Å². The van der Waals surface area contributed by atoms with E-state index >= 15 is 0 Å². The lowest BCUT2D eigenvalue weighted by Crippen LogP contribution is -1.92. The molecule has 0 saturated heterocycles. The first-order chi connectivity index (χ1) is 20.4. The van der Waals surface area contributed by atoms with Crippen LogP contribution in [0, 0.1) is 0 Å². The second-order valence-electron chi connectivity index (χ2n) is 10.8. The Morgan fingerprint density at radius 2 is 0.951 bits per heavy atom. The van der Waals surface area contributed by atoms with Crippen molar-refractivity contribution in [2.75, 3.05) is 0 Å². The van der Waals surface area contributed by atoms with Crippen molar-refractivity contribution in [2.45, 2.75) is 0 Å². The lowest BCUT2D eigenvalue weighted by atomic mass is 9.83. The molecule has 0 spiro atoms. The molecule has 0 radical (unpaired) electrons. The Labute approximate surface area is 237 Å². The van der Waals surface area contributed by atoms with Crippen LogP contribution >= 0.6 is 0 Å². The highest BCUT2D eigenvalue weighted by atomic mass is 16.3. The molecule has 0 saturated carbocycles. The highest BCUT2D eigenvalue weighted by molar-refractivity contribution is 6.31. The number of hydrogen-bond donors (Lipinski definition) is 0. The average Bonchev–Trinajstić information content (AvgIpc) is 3.44. The zero-order chi connectivity index (χ0) is 26.9. The summed E-state index contributed by atoms with van der Waals surface area (Å²) in [6.45, 7) is 0. The molecule has 0 amide bonds. The van der Waals surface area contributed by atoms with Crippen molar-refractivity contribution in [1.29, 1.82) is 0 Å². The van der Waals surface area contributed by atoms with Gasteiger partial charge >= 0.3 is 0 Å². The molecular formula is C40H24O. The van der Waals surface area contributed by atoms with Gasteiger partial charge in [0.05, 0.1) is 0 Å². The van der Waals surface area contributed by atoms with Crippen LogP contribution in [0.5, 0.6) is 0 Å². The van der Waals surface area contributed by atoms with Crippen molar-refractivity contribution in [2.24, 2.45) is 0 Å². The van der Waals surface area contributed by atoms with Crippen molar-refractivity contribution in [3.8, 4) is 33.4 Å². The zero-order valence-corrected chi connectivity index (χ0v) is 22.3. The van der Waals surface area contributed by atoms with Crippen LogP contribution in [0.3, 0.4) is 0 Å². The van der Waals surface area contributed by atoms with E-state index in [2.05, 4.69) is 146 Å².